The van der Waals surface area contributed by atoms with Crippen molar-refractivity contribution in [3.05, 3.63) is 47.0 Å². The highest BCUT2D eigenvalue weighted by Crippen LogP contribution is 2.25. The van der Waals surface area contributed by atoms with Gasteiger partial charge in [-0.3, -0.25) is 4.79 Å². The summed E-state index contributed by atoms with van der Waals surface area (Å²) in [6, 6.07) is 5.61. The lowest BCUT2D eigenvalue weighted by Gasteiger charge is -2.19. The van der Waals surface area contributed by atoms with Gasteiger partial charge in [-0.1, -0.05) is 6.07 Å². The predicted molar refractivity (Wildman–Crippen MR) is 92.0 cm³/mol. The highest BCUT2D eigenvalue weighted by molar-refractivity contribution is 7.89. The molecule has 1 aromatic heterocycles. The fourth-order valence-electron chi connectivity index (χ4n) is 2.50. The molecular formula is C15H17ClFN3O4S. The molecule has 10 heteroatoms. The number of carbonyl (C=O) groups excluding carboxylic acids is 1. The van der Waals surface area contributed by atoms with Gasteiger partial charge in [0.1, 0.15) is 5.82 Å². The Morgan fingerprint density at radius 2 is 2.04 bits per heavy atom. The molecule has 0 bridgehead atoms. The van der Waals surface area contributed by atoms with E-state index in [1.165, 1.54) is 19.2 Å². The van der Waals surface area contributed by atoms with Crippen LogP contribution in [0.15, 0.2) is 33.8 Å². The summed E-state index contributed by atoms with van der Waals surface area (Å²) in [5, 5.41) is 5.18. The number of rotatable bonds is 4. The highest BCUT2D eigenvalue weighted by Gasteiger charge is 2.22. The quantitative estimate of drug-likeness (QED) is 0.738. The predicted octanol–water partition coefficient (Wildman–Crippen LogP) is 1.65. The van der Waals surface area contributed by atoms with E-state index in [4.69, 9.17) is 4.42 Å². The minimum atomic E-state index is -3.78. The number of hydrogen-bond acceptors (Lipinski definition) is 5. The molecule has 0 fully saturated rings. The number of fused-ring (bicyclic) bond motifs is 1. The van der Waals surface area contributed by atoms with Crippen LogP contribution in [0.5, 0.6) is 0 Å². The fourth-order valence-corrected chi connectivity index (χ4v) is 3.15. The van der Waals surface area contributed by atoms with E-state index in [1.807, 2.05) is 0 Å². The van der Waals surface area contributed by atoms with E-state index in [9.17, 15) is 17.6 Å². The smallest absolute Gasteiger partial charge is 0.291 e. The molecule has 0 aliphatic carbocycles. The Bertz CT molecular complexity index is 898. The second-order valence-electron chi connectivity index (χ2n) is 5.27. The summed E-state index contributed by atoms with van der Waals surface area (Å²) in [5.74, 6) is -1.42. The van der Waals surface area contributed by atoms with E-state index in [2.05, 4.69) is 15.4 Å². The van der Waals surface area contributed by atoms with E-state index in [1.54, 1.807) is 6.07 Å². The molecule has 1 aliphatic heterocycles. The topological polar surface area (TPSA) is 100 Å². The first kappa shape index (κ1) is 19.4. The number of anilines is 1. The molecule has 1 aliphatic rings. The van der Waals surface area contributed by atoms with Gasteiger partial charge in [-0.2, -0.15) is 0 Å². The van der Waals surface area contributed by atoms with E-state index in [-0.39, 0.29) is 28.9 Å². The van der Waals surface area contributed by atoms with E-state index in [0.717, 1.165) is 11.6 Å². The van der Waals surface area contributed by atoms with Crippen LogP contribution in [0.3, 0.4) is 0 Å². The second kappa shape index (κ2) is 7.52. The fraction of sp³-hybridized carbons (Fsp3) is 0.267. The Morgan fingerprint density at radius 3 is 2.76 bits per heavy atom. The molecule has 0 saturated carbocycles. The standard InChI is InChI=1S/C15H16FN3O4S.ClH/c1-17-24(21,22)13-5-4-12(23-13)15(20)19-11-3-2-9-8-18-7-6-10(9)14(11)16;/h2-5,17-18H,6-8H2,1H3,(H,19,20);1H. The SMILES string of the molecule is CNS(=O)(=O)c1ccc(C(=O)Nc2ccc3c(c2F)CCNC3)o1.Cl. The zero-order valence-electron chi connectivity index (χ0n) is 13.3. The third-order valence-electron chi connectivity index (χ3n) is 3.79. The Balaban J connectivity index is 0.00000225. The van der Waals surface area contributed by atoms with Crippen molar-refractivity contribution in [1.29, 1.82) is 0 Å². The minimum absolute atomic E-state index is 0. The van der Waals surface area contributed by atoms with Gasteiger partial charge in [-0.15, -0.1) is 12.4 Å². The first-order valence-electron chi connectivity index (χ1n) is 7.28. The van der Waals surface area contributed by atoms with Crippen LogP contribution in [0.25, 0.3) is 0 Å². The third kappa shape index (κ3) is 3.84. The van der Waals surface area contributed by atoms with Crippen molar-refractivity contribution in [1.82, 2.24) is 10.0 Å². The summed E-state index contributed by atoms with van der Waals surface area (Å²) in [5.41, 5.74) is 1.47. The van der Waals surface area contributed by atoms with Crippen LogP contribution in [-0.2, 0) is 23.0 Å². The molecule has 0 atom stereocenters. The van der Waals surface area contributed by atoms with Gasteiger partial charge in [0, 0.05) is 6.54 Å². The van der Waals surface area contributed by atoms with Gasteiger partial charge in [-0.25, -0.2) is 17.5 Å². The molecule has 136 valence electrons. The molecule has 2 heterocycles. The number of hydrogen-bond donors (Lipinski definition) is 3. The number of benzene rings is 1. The van der Waals surface area contributed by atoms with Crippen LogP contribution in [0.2, 0.25) is 0 Å². The van der Waals surface area contributed by atoms with E-state index in [0.29, 0.717) is 25.1 Å². The molecule has 0 spiro atoms. The average molecular weight is 390 g/mol. The van der Waals surface area contributed by atoms with Crippen molar-refractivity contribution in [3.8, 4) is 0 Å². The molecule has 3 rings (SSSR count). The van der Waals surface area contributed by atoms with Gasteiger partial charge in [0.2, 0.25) is 5.09 Å². The largest absolute Gasteiger partial charge is 0.438 e. The maximum atomic E-state index is 14.5. The summed E-state index contributed by atoms with van der Waals surface area (Å²) in [6.45, 7) is 1.26. The van der Waals surface area contributed by atoms with Gasteiger partial charge in [0.25, 0.3) is 15.9 Å². The van der Waals surface area contributed by atoms with Crippen LogP contribution in [0.4, 0.5) is 10.1 Å². The molecule has 7 nitrogen and oxygen atoms in total. The van der Waals surface area contributed by atoms with Crippen molar-refractivity contribution in [2.45, 2.75) is 18.1 Å². The van der Waals surface area contributed by atoms with Crippen molar-refractivity contribution in [3.63, 3.8) is 0 Å². The zero-order valence-corrected chi connectivity index (χ0v) is 14.9. The molecule has 1 amide bonds. The lowest BCUT2D eigenvalue weighted by Crippen LogP contribution is -2.25. The molecular weight excluding hydrogens is 373 g/mol. The number of halogens is 2. The Hall–Kier alpha value is -1.94. The first-order valence-corrected chi connectivity index (χ1v) is 8.76. The van der Waals surface area contributed by atoms with Gasteiger partial charge < -0.3 is 15.1 Å². The summed E-state index contributed by atoms with van der Waals surface area (Å²) in [7, 11) is -2.55. The Kier molecular flexibility index (Phi) is 5.83. The molecule has 0 unspecified atom stereocenters. The summed E-state index contributed by atoms with van der Waals surface area (Å²) >= 11 is 0. The van der Waals surface area contributed by atoms with E-state index >= 15 is 0 Å². The lowest BCUT2D eigenvalue weighted by molar-refractivity contribution is 0.0991. The molecule has 0 radical (unpaired) electrons. The van der Waals surface area contributed by atoms with Gasteiger partial charge >= 0.3 is 0 Å². The highest BCUT2D eigenvalue weighted by atomic mass is 35.5. The average Bonchev–Trinajstić information content (AvgIpc) is 3.08. The summed E-state index contributed by atoms with van der Waals surface area (Å²) < 4.78 is 44.8. The van der Waals surface area contributed by atoms with Crippen molar-refractivity contribution >= 4 is 34.0 Å². The second-order valence-corrected chi connectivity index (χ2v) is 7.09. The van der Waals surface area contributed by atoms with Crippen molar-refractivity contribution in [2.75, 3.05) is 18.9 Å². The number of sulfonamides is 1. The van der Waals surface area contributed by atoms with Crippen LogP contribution in [0.1, 0.15) is 21.7 Å². The normalized spacial score (nSPS) is 13.7. The molecule has 1 aromatic carbocycles. The summed E-state index contributed by atoms with van der Waals surface area (Å²) in [4.78, 5) is 12.2. The van der Waals surface area contributed by atoms with E-state index < -0.39 is 21.7 Å². The number of nitrogens with one attached hydrogen (secondary N) is 3. The first-order chi connectivity index (χ1) is 11.4. The van der Waals surface area contributed by atoms with Gasteiger partial charge in [-0.05, 0) is 49.3 Å². The molecule has 3 N–H and O–H groups in total. The number of amides is 1. The molecule has 2 aromatic rings. The number of furan rings is 1. The Morgan fingerprint density at radius 1 is 1.28 bits per heavy atom. The van der Waals surface area contributed by atoms with Gasteiger partial charge in [0.15, 0.2) is 5.76 Å². The minimum Gasteiger partial charge on any atom is -0.438 e. The van der Waals surface area contributed by atoms with Crippen molar-refractivity contribution < 1.29 is 22.0 Å². The van der Waals surface area contributed by atoms with Crippen molar-refractivity contribution in [2.24, 2.45) is 0 Å². The Labute approximate surface area is 150 Å². The molecule has 25 heavy (non-hydrogen) atoms. The third-order valence-corrected chi connectivity index (χ3v) is 5.08. The summed E-state index contributed by atoms with van der Waals surface area (Å²) in [6.07, 6.45) is 0.538. The molecule has 0 saturated heterocycles. The van der Waals surface area contributed by atoms with Crippen LogP contribution in [0, 0.1) is 5.82 Å². The lowest BCUT2D eigenvalue weighted by atomic mass is 9.99. The van der Waals surface area contributed by atoms with Crippen LogP contribution in [-0.4, -0.2) is 27.9 Å². The van der Waals surface area contributed by atoms with Gasteiger partial charge in [0.05, 0.1) is 5.69 Å². The van der Waals surface area contributed by atoms with Crippen LogP contribution < -0.4 is 15.4 Å². The maximum Gasteiger partial charge on any atom is 0.291 e. The zero-order chi connectivity index (χ0) is 17.3. The number of carbonyl (C=O) groups is 1. The monoisotopic (exact) mass is 389 g/mol. The maximum absolute atomic E-state index is 14.5. The van der Waals surface area contributed by atoms with Crippen LogP contribution >= 0.6 is 12.4 Å².